The first kappa shape index (κ1) is 10.2. The van der Waals surface area contributed by atoms with E-state index in [0.717, 1.165) is 15.9 Å². The number of aromatic nitrogens is 2. The molecular weight excluding hydrogens is 232 g/mol. The van der Waals surface area contributed by atoms with Crippen molar-refractivity contribution in [3.8, 4) is 0 Å². The van der Waals surface area contributed by atoms with Gasteiger partial charge in [-0.25, -0.2) is 4.98 Å². The molecule has 3 nitrogen and oxygen atoms in total. The summed E-state index contributed by atoms with van der Waals surface area (Å²) in [4.78, 5) is 20.5. The minimum absolute atomic E-state index is 0.116. The molecule has 0 radical (unpaired) electrons. The minimum atomic E-state index is 0.116. The second-order valence-corrected chi connectivity index (χ2v) is 4.82. The van der Waals surface area contributed by atoms with Gasteiger partial charge >= 0.3 is 0 Å². The number of hydrogen-bond acceptors (Lipinski definition) is 3. The average molecular weight is 242 g/mol. The molecule has 3 aromatic rings. The van der Waals surface area contributed by atoms with Crippen molar-refractivity contribution < 1.29 is 4.79 Å². The fraction of sp³-hybridized carbons (Fsp3) is 0.0769. The zero-order chi connectivity index (χ0) is 11.7. The van der Waals surface area contributed by atoms with Crippen molar-refractivity contribution in [2.24, 2.45) is 0 Å². The number of aromatic amines is 1. The number of nitrogens with one attached hydrogen (secondary N) is 1. The van der Waals surface area contributed by atoms with Crippen molar-refractivity contribution in [1.29, 1.82) is 0 Å². The van der Waals surface area contributed by atoms with Crippen molar-refractivity contribution in [3.63, 3.8) is 0 Å². The first-order valence-corrected chi connectivity index (χ1v) is 6.20. The fourth-order valence-corrected chi connectivity index (χ4v) is 2.56. The molecule has 2 aromatic heterocycles. The lowest BCUT2D eigenvalue weighted by Gasteiger charge is -2.00. The Kier molecular flexibility index (Phi) is 2.49. The number of thiophene rings is 1. The molecule has 0 aliphatic carbocycles. The van der Waals surface area contributed by atoms with Crippen molar-refractivity contribution in [3.05, 3.63) is 52.5 Å². The first-order valence-electron chi connectivity index (χ1n) is 5.32. The summed E-state index contributed by atoms with van der Waals surface area (Å²) in [7, 11) is 0. The third kappa shape index (κ3) is 1.87. The molecule has 4 heteroatoms. The van der Waals surface area contributed by atoms with Gasteiger partial charge in [-0.05, 0) is 23.6 Å². The SMILES string of the molecule is O=C(Cc1cccs1)c1cccc2[nH]cnc12. The Hall–Kier alpha value is -1.94. The van der Waals surface area contributed by atoms with E-state index in [9.17, 15) is 4.79 Å². The maximum Gasteiger partial charge on any atom is 0.170 e. The van der Waals surface area contributed by atoms with Gasteiger partial charge in [-0.2, -0.15) is 0 Å². The number of imidazole rings is 1. The fourth-order valence-electron chi connectivity index (χ4n) is 1.86. The highest BCUT2D eigenvalue weighted by atomic mass is 32.1. The van der Waals surface area contributed by atoms with Crippen LogP contribution in [0.25, 0.3) is 11.0 Å². The zero-order valence-corrected chi connectivity index (χ0v) is 9.83. The summed E-state index contributed by atoms with van der Waals surface area (Å²) in [6, 6.07) is 9.57. The number of H-pyrrole nitrogens is 1. The lowest BCUT2D eigenvalue weighted by Crippen LogP contribution is -2.03. The largest absolute Gasteiger partial charge is 0.345 e. The minimum Gasteiger partial charge on any atom is -0.345 e. The molecule has 2 heterocycles. The van der Waals surface area contributed by atoms with Gasteiger partial charge in [0, 0.05) is 16.9 Å². The number of ketones is 1. The highest BCUT2D eigenvalue weighted by molar-refractivity contribution is 7.10. The second kappa shape index (κ2) is 4.14. The van der Waals surface area contributed by atoms with E-state index >= 15 is 0 Å². The van der Waals surface area contributed by atoms with Gasteiger partial charge in [0.2, 0.25) is 0 Å². The summed E-state index contributed by atoms with van der Waals surface area (Å²) in [6.07, 6.45) is 2.07. The summed E-state index contributed by atoms with van der Waals surface area (Å²) < 4.78 is 0. The average Bonchev–Trinajstić information content (AvgIpc) is 2.97. The van der Waals surface area contributed by atoms with Crippen LogP contribution in [-0.4, -0.2) is 15.8 Å². The number of rotatable bonds is 3. The van der Waals surface area contributed by atoms with E-state index in [1.807, 2.05) is 35.7 Å². The van der Waals surface area contributed by atoms with Gasteiger partial charge in [-0.1, -0.05) is 12.1 Å². The topological polar surface area (TPSA) is 45.8 Å². The number of nitrogens with zero attached hydrogens (tertiary/aromatic N) is 1. The molecule has 0 saturated carbocycles. The van der Waals surface area contributed by atoms with Gasteiger partial charge in [0.05, 0.1) is 17.4 Å². The lowest BCUT2D eigenvalue weighted by molar-refractivity contribution is 0.0995. The lowest BCUT2D eigenvalue weighted by atomic mass is 10.1. The van der Waals surface area contributed by atoms with E-state index < -0.39 is 0 Å². The smallest absolute Gasteiger partial charge is 0.170 e. The maximum atomic E-state index is 12.2. The molecule has 0 amide bonds. The Morgan fingerprint density at radius 3 is 3.06 bits per heavy atom. The van der Waals surface area contributed by atoms with Crippen molar-refractivity contribution in [1.82, 2.24) is 9.97 Å². The van der Waals surface area contributed by atoms with Crippen LogP contribution >= 0.6 is 11.3 Å². The summed E-state index contributed by atoms with van der Waals surface area (Å²) in [6.45, 7) is 0. The molecule has 3 rings (SSSR count). The van der Waals surface area contributed by atoms with Gasteiger partial charge < -0.3 is 4.98 Å². The summed E-state index contributed by atoms with van der Waals surface area (Å²) in [5.41, 5.74) is 2.35. The van der Waals surface area contributed by atoms with Crippen molar-refractivity contribution in [2.75, 3.05) is 0 Å². The van der Waals surface area contributed by atoms with E-state index in [1.54, 1.807) is 17.7 Å². The first-order chi connectivity index (χ1) is 8.34. The summed E-state index contributed by atoms with van der Waals surface area (Å²) >= 11 is 1.60. The van der Waals surface area contributed by atoms with Crippen LogP contribution in [0.1, 0.15) is 15.2 Å². The van der Waals surface area contributed by atoms with Gasteiger partial charge in [0.25, 0.3) is 0 Å². The Labute approximate surface area is 102 Å². The van der Waals surface area contributed by atoms with Crippen LogP contribution in [0.15, 0.2) is 42.0 Å². The number of hydrogen-bond donors (Lipinski definition) is 1. The number of benzene rings is 1. The molecule has 84 valence electrons. The van der Waals surface area contributed by atoms with Crippen LogP contribution in [0, 0.1) is 0 Å². The van der Waals surface area contributed by atoms with Crippen LogP contribution in [0.4, 0.5) is 0 Å². The highest BCUT2D eigenvalue weighted by Gasteiger charge is 2.12. The van der Waals surface area contributed by atoms with Gasteiger partial charge in [0.15, 0.2) is 5.78 Å². The summed E-state index contributed by atoms with van der Waals surface area (Å²) in [5, 5.41) is 1.98. The van der Waals surface area contributed by atoms with Gasteiger partial charge in [0.1, 0.15) is 0 Å². The highest BCUT2D eigenvalue weighted by Crippen LogP contribution is 2.18. The Balaban J connectivity index is 1.98. The zero-order valence-electron chi connectivity index (χ0n) is 9.01. The number of carbonyl (C=O) groups excluding carboxylic acids is 1. The van der Waals surface area contributed by atoms with E-state index in [4.69, 9.17) is 0 Å². The quantitative estimate of drug-likeness (QED) is 0.717. The van der Waals surface area contributed by atoms with Gasteiger partial charge in [-0.15, -0.1) is 11.3 Å². The molecule has 0 saturated heterocycles. The third-order valence-corrected chi connectivity index (χ3v) is 3.54. The van der Waals surface area contributed by atoms with Crippen LogP contribution in [0.2, 0.25) is 0 Å². The molecule has 0 fully saturated rings. The number of Topliss-reactive ketones (excluding diaryl/α,β-unsaturated/α-hetero) is 1. The molecule has 1 N–H and O–H groups in total. The number of fused-ring (bicyclic) bond motifs is 1. The van der Waals surface area contributed by atoms with E-state index in [2.05, 4.69) is 9.97 Å². The molecule has 0 aliphatic heterocycles. The van der Waals surface area contributed by atoms with Crippen LogP contribution in [-0.2, 0) is 6.42 Å². The van der Waals surface area contributed by atoms with Crippen LogP contribution in [0.3, 0.4) is 0 Å². The molecule has 0 aliphatic rings. The number of para-hydroxylation sites is 1. The van der Waals surface area contributed by atoms with Gasteiger partial charge in [-0.3, -0.25) is 4.79 Å². The Morgan fingerprint density at radius 1 is 1.29 bits per heavy atom. The molecule has 1 aromatic carbocycles. The van der Waals surface area contributed by atoms with E-state index in [1.165, 1.54) is 0 Å². The van der Waals surface area contributed by atoms with E-state index in [0.29, 0.717) is 12.0 Å². The maximum absolute atomic E-state index is 12.2. The Bertz CT molecular complexity index is 655. The van der Waals surface area contributed by atoms with Crippen molar-refractivity contribution >= 4 is 28.2 Å². The van der Waals surface area contributed by atoms with Crippen LogP contribution in [0.5, 0.6) is 0 Å². The molecule has 0 spiro atoms. The molecule has 0 bridgehead atoms. The van der Waals surface area contributed by atoms with Crippen LogP contribution < -0.4 is 0 Å². The predicted molar refractivity (Wildman–Crippen MR) is 68.4 cm³/mol. The molecular formula is C13H10N2OS. The van der Waals surface area contributed by atoms with Crippen molar-refractivity contribution in [2.45, 2.75) is 6.42 Å². The Morgan fingerprint density at radius 2 is 2.24 bits per heavy atom. The third-order valence-electron chi connectivity index (χ3n) is 2.67. The predicted octanol–water partition coefficient (Wildman–Crippen LogP) is 3.05. The molecule has 17 heavy (non-hydrogen) atoms. The summed E-state index contributed by atoms with van der Waals surface area (Å²) in [5.74, 6) is 0.116. The molecule has 0 atom stereocenters. The standard InChI is InChI=1S/C13H10N2OS/c16-12(7-9-3-2-6-17-9)10-4-1-5-11-13(10)15-8-14-11/h1-6,8H,7H2,(H,14,15). The molecule has 0 unspecified atom stereocenters. The normalized spacial score (nSPS) is 10.8. The van der Waals surface area contributed by atoms with E-state index in [-0.39, 0.29) is 5.78 Å². The second-order valence-electron chi connectivity index (χ2n) is 3.78. The number of carbonyl (C=O) groups is 1. The monoisotopic (exact) mass is 242 g/mol.